The summed E-state index contributed by atoms with van der Waals surface area (Å²) in [4.78, 5) is 37.4. The molecule has 0 spiro atoms. The van der Waals surface area contributed by atoms with Crippen molar-refractivity contribution in [2.45, 2.75) is 12.8 Å². The van der Waals surface area contributed by atoms with E-state index in [-0.39, 0.29) is 23.7 Å². The Morgan fingerprint density at radius 2 is 1.71 bits per heavy atom. The van der Waals surface area contributed by atoms with E-state index in [9.17, 15) is 23.2 Å². The van der Waals surface area contributed by atoms with Crippen LogP contribution in [0.4, 0.5) is 14.5 Å². The Morgan fingerprint density at radius 3 is 2.36 bits per heavy atom. The number of hydrogen-bond acceptors (Lipinski definition) is 3. The van der Waals surface area contributed by atoms with Gasteiger partial charge in [0.15, 0.2) is 0 Å². The molecule has 2 aromatic rings. The standard InChI is InChI=1S/C20H18F2N2O4/c21-15-6-3-12(4-7-15)19(26)24-9-1-2-14(11-24)18(25)23-17-8-5-13(20(27)28)10-16(17)22/h3-8,10,14H,1-2,9,11H2,(H,23,25)(H,27,28). The van der Waals surface area contributed by atoms with Crippen LogP contribution in [0, 0.1) is 17.6 Å². The molecular formula is C20H18F2N2O4. The number of halogens is 2. The van der Waals surface area contributed by atoms with Crippen LogP contribution >= 0.6 is 0 Å². The Kier molecular flexibility index (Phi) is 5.67. The van der Waals surface area contributed by atoms with Crippen LogP contribution in [-0.4, -0.2) is 40.9 Å². The lowest BCUT2D eigenvalue weighted by molar-refractivity contribution is -0.121. The van der Waals surface area contributed by atoms with Crippen LogP contribution in [0.25, 0.3) is 0 Å². The molecule has 8 heteroatoms. The molecule has 28 heavy (non-hydrogen) atoms. The summed E-state index contributed by atoms with van der Waals surface area (Å²) in [7, 11) is 0. The number of carboxylic acid groups (broad SMARTS) is 1. The predicted molar refractivity (Wildman–Crippen MR) is 97.0 cm³/mol. The molecule has 0 aromatic heterocycles. The summed E-state index contributed by atoms with van der Waals surface area (Å²) < 4.78 is 27.1. The van der Waals surface area contributed by atoms with Gasteiger partial charge in [-0.1, -0.05) is 0 Å². The zero-order valence-electron chi connectivity index (χ0n) is 14.8. The maximum absolute atomic E-state index is 14.0. The zero-order valence-corrected chi connectivity index (χ0v) is 14.8. The maximum atomic E-state index is 14.0. The van der Waals surface area contributed by atoms with Crippen LogP contribution in [0.5, 0.6) is 0 Å². The third-order valence-corrected chi connectivity index (χ3v) is 4.64. The number of aromatic carboxylic acids is 1. The second-order valence-electron chi connectivity index (χ2n) is 6.59. The van der Waals surface area contributed by atoms with Crippen molar-refractivity contribution in [1.29, 1.82) is 0 Å². The topological polar surface area (TPSA) is 86.7 Å². The molecule has 146 valence electrons. The first-order chi connectivity index (χ1) is 13.3. The average Bonchev–Trinajstić information content (AvgIpc) is 2.69. The average molecular weight is 388 g/mol. The summed E-state index contributed by atoms with van der Waals surface area (Å²) >= 11 is 0. The van der Waals surface area contributed by atoms with Gasteiger partial charge in [0, 0.05) is 18.7 Å². The van der Waals surface area contributed by atoms with Gasteiger partial charge in [0.05, 0.1) is 17.2 Å². The highest BCUT2D eigenvalue weighted by molar-refractivity contribution is 5.96. The molecule has 1 heterocycles. The van der Waals surface area contributed by atoms with Crippen molar-refractivity contribution in [3.05, 3.63) is 65.2 Å². The first kappa shape index (κ1) is 19.5. The number of nitrogens with one attached hydrogen (secondary N) is 1. The van der Waals surface area contributed by atoms with E-state index >= 15 is 0 Å². The van der Waals surface area contributed by atoms with E-state index in [1.807, 2.05) is 0 Å². The van der Waals surface area contributed by atoms with Crippen LogP contribution in [0.15, 0.2) is 42.5 Å². The normalized spacial score (nSPS) is 16.5. The zero-order chi connectivity index (χ0) is 20.3. The van der Waals surface area contributed by atoms with Gasteiger partial charge in [-0.05, 0) is 55.3 Å². The number of rotatable bonds is 4. The highest BCUT2D eigenvalue weighted by Crippen LogP contribution is 2.22. The summed E-state index contributed by atoms with van der Waals surface area (Å²) in [6.45, 7) is 0.637. The van der Waals surface area contributed by atoms with E-state index in [1.54, 1.807) is 0 Å². The van der Waals surface area contributed by atoms with Gasteiger partial charge in [-0.2, -0.15) is 0 Å². The Labute approximate surface area is 159 Å². The van der Waals surface area contributed by atoms with Gasteiger partial charge in [-0.3, -0.25) is 9.59 Å². The van der Waals surface area contributed by atoms with Gasteiger partial charge < -0.3 is 15.3 Å². The van der Waals surface area contributed by atoms with Crippen LogP contribution < -0.4 is 5.32 Å². The van der Waals surface area contributed by atoms with E-state index in [2.05, 4.69) is 5.32 Å². The lowest BCUT2D eigenvalue weighted by atomic mass is 9.96. The minimum atomic E-state index is -1.26. The van der Waals surface area contributed by atoms with E-state index < -0.39 is 29.4 Å². The van der Waals surface area contributed by atoms with Crippen molar-refractivity contribution >= 4 is 23.5 Å². The van der Waals surface area contributed by atoms with Crippen LogP contribution in [0.1, 0.15) is 33.6 Å². The number of nitrogens with zero attached hydrogens (tertiary/aromatic N) is 1. The van der Waals surface area contributed by atoms with Crippen LogP contribution in [0.3, 0.4) is 0 Å². The molecule has 0 radical (unpaired) electrons. The van der Waals surface area contributed by atoms with E-state index in [4.69, 9.17) is 5.11 Å². The third-order valence-electron chi connectivity index (χ3n) is 4.64. The van der Waals surface area contributed by atoms with Gasteiger partial charge in [-0.15, -0.1) is 0 Å². The highest BCUT2D eigenvalue weighted by atomic mass is 19.1. The third kappa shape index (κ3) is 4.33. The minimum Gasteiger partial charge on any atom is -0.478 e. The van der Waals surface area contributed by atoms with Crippen molar-refractivity contribution in [3.8, 4) is 0 Å². The van der Waals surface area contributed by atoms with E-state index in [0.717, 1.165) is 6.07 Å². The van der Waals surface area contributed by atoms with Crippen molar-refractivity contribution in [2.75, 3.05) is 18.4 Å². The predicted octanol–water partition coefficient (Wildman–Crippen LogP) is 3.15. The van der Waals surface area contributed by atoms with E-state index in [0.29, 0.717) is 24.9 Å². The summed E-state index contributed by atoms with van der Waals surface area (Å²) in [5.41, 5.74) is -0.000943. The molecule has 2 N–H and O–H groups in total. The van der Waals surface area contributed by atoms with Gasteiger partial charge in [0.1, 0.15) is 11.6 Å². The second-order valence-corrected chi connectivity index (χ2v) is 6.59. The Hall–Kier alpha value is -3.29. The molecule has 1 aliphatic rings. The first-order valence-corrected chi connectivity index (χ1v) is 8.73. The molecule has 6 nitrogen and oxygen atoms in total. The number of benzene rings is 2. The number of carbonyl (C=O) groups is 3. The molecule has 2 amide bonds. The fourth-order valence-electron chi connectivity index (χ4n) is 3.13. The molecule has 3 rings (SSSR count). The molecule has 1 saturated heterocycles. The fourth-order valence-corrected chi connectivity index (χ4v) is 3.13. The first-order valence-electron chi connectivity index (χ1n) is 8.73. The van der Waals surface area contributed by atoms with Crippen molar-refractivity contribution < 1.29 is 28.3 Å². The quantitative estimate of drug-likeness (QED) is 0.842. The van der Waals surface area contributed by atoms with Crippen LogP contribution in [-0.2, 0) is 4.79 Å². The number of anilines is 1. The summed E-state index contributed by atoms with van der Waals surface area (Å²) in [6, 6.07) is 8.41. The van der Waals surface area contributed by atoms with Gasteiger partial charge >= 0.3 is 5.97 Å². The smallest absolute Gasteiger partial charge is 0.335 e. The SMILES string of the molecule is O=C(O)c1ccc(NC(=O)C2CCCN(C(=O)c3ccc(F)cc3)C2)c(F)c1. The van der Waals surface area contributed by atoms with Gasteiger partial charge in [0.25, 0.3) is 5.91 Å². The molecule has 0 saturated carbocycles. The highest BCUT2D eigenvalue weighted by Gasteiger charge is 2.29. The molecule has 0 bridgehead atoms. The molecule has 1 fully saturated rings. The number of carboxylic acids is 1. The second kappa shape index (κ2) is 8.16. The van der Waals surface area contributed by atoms with E-state index in [1.165, 1.54) is 41.3 Å². The lowest BCUT2D eigenvalue weighted by Gasteiger charge is -2.32. The lowest BCUT2D eigenvalue weighted by Crippen LogP contribution is -2.43. The van der Waals surface area contributed by atoms with Crippen molar-refractivity contribution in [2.24, 2.45) is 5.92 Å². The van der Waals surface area contributed by atoms with Crippen molar-refractivity contribution in [1.82, 2.24) is 4.90 Å². The molecule has 0 aliphatic carbocycles. The van der Waals surface area contributed by atoms with Crippen LogP contribution in [0.2, 0.25) is 0 Å². The van der Waals surface area contributed by atoms with Gasteiger partial charge in [-0.25, -0.2) is 13.6 Å². The number of piperidine rings is 1. The summed E-state index contributed by atoms with van der Waals surface area (Å²) in [5.74, 6) is -3.82. The molecule has 1 unspecified atom stereocenters. The van der Waals surface area contributed by atoms with Gasteiger partial charge in [0.2, 0.25) is 5.91 Å². The maximum Gasteiger partial charge on any atom is 0.335 e. The Morgan fingerprint density at radius 1 is 1.04 bits per heavy atom. The number of hydrogen-bond donors (Lipinski definition) is 2. The number of carbonyl (C=O) groups excluding carboxylic acids is 2. The minimum absolute atomic E-state index is 0.114. The summed E-state index contributed by atoms with van der Waals surface area (Å²) in [5, 5.41) is 11.3. The fraction of sp³-hybridized carbons (Fsp3) is 0.250. The van der Waals surface area contributed by atoms with Crippen molar-refractivity contribution in [3.63, 3.8) is 0 Å². The number of likely N-dealkylation sites (tertiary alicyclic amines) is 1. The molecule has 2 aromatic carbocycles. The molecular weight excluding hydrogens is 370 g/mol. The molecule has 1 aliphatic heterocycles. The largest absolute Gasteiger partial charge is 0.478 e. The summed E-state index contributed by atoms with van der Waals surface area (Å²) in [6.07, 6.45) is 1.14. The molecule has 1 atom stereocenters. The monoisotopic (exact) mass is 388 g/mol. The number of amides is 2. The Bertz CT molecular complexity index is 915. The Balaban J connectivity index is 1.66.